The van der Waals surface area contributed by atoms with Gasteiger partial charge in [-0.1, -0.05) is 0 Å². The van der Waals surface area contributed by atoms with Crippen molar-refractivity contribution in [3.63, 3.8) is 0 Å². The van der Waals surface area contributed by atoms with Crippen LogP contribution in [-0.4, -0.2) is 31.3 Å². The zero-order chi connectivity index (χ0) is 13.1. The van der Waals surface area contributed by atoms with Gasteiger partial charge in [0.25, 0.3) is 0 Å². The van der Waals surface area contributed by atoms with Crippen molar-refractivity contribution < 1.29 is 27.4 Å². The molecule has 0 radical (unpaired) electrons. The quantitative estimate of drug-likeness (QED) is 0.885. The van der Waals surface area contributed by atoms with Crippen molar-refractivity contribution >= 4 is 11.6 Å². The monoisotopic (exact) mass is 250 g/mol. The summed E-state index contributed by atoms with van der Waals surface area (Å²) < 4.78 is 45.5. The normalized spacial score (nSPS) is 10.9. The van der Waals surface area contributed by atoms with E-state index in [1.54, 1.807) is 5.32 Å². The number of carbonyl (C=O) groups excluding carboxylic acids is 1. The van der Waals surface area contributed by atoms with E-state index in [9.17, 15) is 18.0 Å². The van der Waals surface area contributed by atoms with E-state index in [0.29, 0.717) is 0 Å². The predicted molar refractivity (Wildman–Crippen MR) is 52.0 cm³/mol. The maximum Gasteiger partial charge on any atom is 0.471 e. The van der Waals surface area contributed by atoms with Crippen LogP contribution in [0.15, 0.2) is 12.1 Å². The van der Waals surface area contributed by atoms with Gasteiger partial charge in [-0.3, -0.25) is 4.79 Å². The molecular weight excluding hydrogens is 241 g/mol. The summed E-state index contributed by atoms with van der Waals surface area (Å²) in [6.07, 6.45) is -4.97. The third-order valence-electron chi connectivity index (χ3n) is 1.74. The Morgan fingerprint density at radius 1 is 1.29 bits per heavy atom. The van der Waals surface area contributed by atoms with Crippen molar-refractivity contribution in [1.29, 1.82) is 0 Å². The number of alkyl halides is 3. The molecule has 5 nitrogen and oxygen atoms in total. The molecule has 0 aliphatic carbocycles. The van der Waals surface area contributed by atoms with Gasteiger partial charge in [0.05, 0.1) is 14.2 Å². The van der Waals surface area contributed by atoms with Crippen LogP contribution in [0.2, 0.25) is 0 Å². The fourth-order valence-electron chi connectivity index (χ4n) is 0.981. The molecule has 0 aromatic carbocycles. The highest BCUT2D eigenvalue weighted by molar-refractivity contribution is 5.95. The number of methoxy groups -OCH3 is 2. The fourth-order valence-corrected chi connectivity index (χ4v) is 0.981. The van der Waals surface area contributed by atoms with Crippen molar-refractivity contribution in [2.75, 3.05) is 19.5 Å². The van der Waals surface area contributed by atoms with Gasteiger partial charge in [0.1, 0.15) is 5.69 Å². The molecule has 0 saturated carbocycles. The molecule has 0 bridgehead atoms. The van der Waals surface area contributed by atoms with E-state index in [1.165, 1.54) is 26.4 Å². The van der Waals surface area contributed by atoms with Crippen molar-refractivity contribution in [3.8, 4) is 11.8 Å². The molecule has 8 heteroatoms. The van der Waals surface area contributed by atoms with Gasteiger partial charge in [-0.05, 0) is 6.07 Å². The summed E-state index contributed by atoms with van der Waals surface area (Å²) in [5.41, 5.74) is -0.185. The van der Waals surface area contributed by atoms with E-state index >= 15 is 0 Å². The first-order chi connectivity index (χ1) is 7.88. The van der Waals surface area contributed by atoms with Crippen LogP contribution in [0, 0.1) is 0 Å². The molecule has 0 atom stereocenters. The smallest absolute Gasteiger partial charge is 0.471 e. The summed E-state index contributed by atoms with van der Waals surface area (Å²) in [4.78, 5) is 14.4. The summed E-state index contributed by atoms with van der Waals surface area (Å²) in [5.74, 6) is -2.10. The number of amides is 1. The minimum Gasteiger partial charge on any atom is -0.481 e. The first-order valence-corrected chi connectivity index (χ1v) is 4.35. The average Bonchev–Trinajstić information content (AvgIpc) is 2.28. The Morgan fingerprint density at radius 3 is 2.41 bits per heavy atom. The molecule has 0 aliphatic rings. The summed E-state index contributed by atoms with van der Waals surface area (Å²) in [6, 6.07) is 2.50. The first-order valence-electron chi connectivity index (χ1n) is 4.35. The molecule has 0 unspecified atom stereocenters. The number of pyridine rings is 1. The summed E-state index contributed by atoms with van der Waals surface area (Å²) in [5, 5.41) is 1.65. The molecular formula is C9H9F3N2O3. The zero-order valence-electron chi connectivity index (χ0n) is 8.96. The van der Waals surface area contributed by atoms with E-state index < -0.39 is 12.1 Å². The lowest BCUT2D eigenvalue weighted by atomic mass is 10.4. The van der Waals surface area contributed by atoms with Crippen LogP contribution in [0.1, 0.15) is 0 Å². The Labute approximate surface area is 94.5 Å². The largest absolute Gasteiger partial charge is 0.481 e. The number of nitrogens with one attached hydrogen (secondary N) is 1. The second-order valence-corrected chi connectivity index (χ2v) is 2.86. The Morgan fingerprint density at radius 2 is 1.94 bits per heavy atom. The van der Waals surface area contributed by atoms with Gasteiger partial charge in [0.15, 0.2) is 0 Å². The molecule has 1 rings (SSSR count). The van der Waals surface area contributed by atoms with E-state index in [2.05, 4.69) is 4.98 Å². The molecule has 1 aromatic rings. The number of hydrogen-bond acceptors (Lipinski definition) is 4. The minimum atomic E-state index is -4.97. The molecule has 94 valence electrons. The van der Waals surface area contributed by atoms with Crippen LogP contribution < -0.4 is 14.8 Å². The van der Waals surface area contributed by atoms with Crippen LogP contribution in [0.4, 0.5) is 18.9 Å². The number of halogens is 3. The second kappa shape index (κ2) is 4.89. The van der Waals surface area contributed by atoms with Gasteiger partial charge in [-0.2, -0.15) is 18.2 Å². The Hall–Kier alpha value is -1.99. The molecule has 17 heavy (non-hydrogen) atoms. The van der Waals surface area contributed by atoms with Gasteiger partial charge in [-0.25, -0.2) is 0 Å². The molecule has 1 aromatic heterocycles. The number of rotatable bonds is 3. The zero-order valence-corrected chi connectivity index (χ0v) is 8.96. The van der Waals surface area contributed by atoms with Gasteiger partial charge < -0.3 is 14.8 Å². The van der Waals surface area contributed by atoms with Crippen LogP contribution in [-0.2, 0) is 4.79 Å². The van der Waals surface area contributed by atoms with E-state index in [1.807, 2.05) is 0 Å². The highest BCUT2D eigenvalue weighted by Crippen LogP contribution is 2.26. The van der Waals surface area contributed by atoms with Gasteiger partial charge in [0, 0.05) is 6.07 Å². The Kier molecular flexibility index (Phi) is 3.77. The van der Waals surface area contributed by atoms with Crippen molar-refractivity contribution in [3.05, 3.63) is 12.1 Å². The lowest BCUT2D eigenvalue weighted by molar-refractivity contribution is -0.167. The maximum atomic E-state index is 12.0. The number of anilines is 1. The molecule has 1 N–H and O–H groups in total. The first kappa shape index (κ1) is 13.1. The maximum absolute atomic E-state index is 12.0. The fraction of sp³-hybridized carbons (Fsp3) is 0.333. The summed E-state index contributed by atoms with van der Waals surface area (Å²) in [7, 11) is 2.56. The highest BCUT2D eigenvalue weighted by Gasteiger charge is 2.39. The molecule has 0 spiro atoms. The van der Waals surface area contributed by atoms with Gasteiger partial charge in [0.2, 0.25) is 11.8 Å². The number of hydrogen-bond donors (Lipinski definition) is 1. The van der Waals surface area contributed by atoms with Gasteiger partial charge in [-0.15, -0.1) is 0 Å². The molecule has 0 aliphatic heterocycles. The molecule has 1 heterocycles. The van der Waals surface area contributed by atoms with Crippen molar-refractivity contribution in [1.82, 2.24) is 4.98 Å². The summed E-state index contributed by atoms with van der Waals surface area (Å²) >= 11 is 0. The van der Waals surface area contributed by atoms with Crippen molar-refractivity contribution in [2.45, 2.75) is 6.18 Å². The van der Waals surface area contributed by atoms with Crippen LogP contribution >= 0.6 is 0 Å². The standard InChI is InChI=1S/C9H9F3N2O3/c1-16-6-4-3-5(7(14-6)17-2)13-8(15)9(10,11)12/h3-4H,1-2H3,(H,13,15). The van der Waals surface area contributed by atoms with Crippen LogP contribution in [0.3, 0.4) is 0 Å². The Bertz CT molecular complexity index is 420. The molecule has 1 amide bonds. The summed E-state index contributed by atoms with van der Waals surface area (Å²) in [6.45, 7) is 0. The highest BCUT2D eigenvalue weighted by atomic mass is 19.4. The lowest BCUT2D eigenvalue weighted by Crippen LogP contribution is -2.30. The third-order valence-corrected chi connectivity index (χ3v) is 1.74. The SMILES string of the molecule is COc1ccc(NC(=O)C(F)(F)F)c(OC)n1. The Balaban J connectivity index is 2.95. The minimum absolute atomic E-state index is 0.159. The number of carbonyl (C=O) groups is 1. The van der Waals surface area contributed by atoms with E-state index in [4.69, 9.17) is 9.47 Å². The topological polar surface area (TPSA) is 60.5 Å². The molecule has 0 saturated heterocycles. The average molecular weight is 250 g/mol. The van der Waals surface area contributed by atoms with Crippen LogP contribution in [0.5, 0.6) is 11.8 Å². The third kappa shape index (κ3) is 3.23. The predicted octanol–water partition coefficient (Wildman–Crippen LogP) is 1.60. The lowest BCUT2D eigenvalue weighted by Gasteiger charge is -2.11. The van der Waals surface area contributed by atoms with Crippen LogP contribution in [0.25, 0.3) is 0 Å². The van der Waals surface area contributed by atoms with E-state index in [0.717, 1.165) is 0 Å². The number of ether oxygens (including phenoxy) is 2. The number of nitrogens with zero attached hydrogens (tertiary/aromatic N) is 1. The van der Waals surface area contributed by atoms with Crippen molar-refractivity contribution in [2.24, 2.45) is 0 Å². The molecule has 0 fully saturated rings. The number of aromatic nitrogens is 1. The second-order valence-electron chi connectivity index (χ2n) is 2.86. The van der Waals surface area contributed by atoms with Gasteiger partial charge >= 0.3 is 12.1 Å². The van der Waals surface area contributed by atoms with E-state index in [-0.39, 0.29) is 17.4 Å².